The highest BCUT2D eigenvalue weighted by Crippen LogP contribution is 2.30. The quantitative estimate of drug-likeness (QED) is 0.867. The summed E-state index contributed by atoms with van der Waals surface area (Å²) in [6, 6.07) is 3.41. The van der Waals surface area contributed by atoms with Gasteiger partial charge in [-0.3, -0.25) is 0 Å². The lowest BCUT2D eigenvalue weighted by Crippen LogP contribution is -2.15. The lowest BCUT2D eigenvalue weighted by atomic mass is 10.0. The molecule has 16 heavy (non-hydrogen) atoms. The van der Waals surface area contributed by atoms with E-state index >= 15 is 0 Å². The molecule has 0 fully saturated rings. The zero-order chi connectivity index (χ0) is 12.3. The molecule has 0 aliphatic rings. The summed E-state index contributed by atoms with van der Waals surface area (Å²) in [4.78, 5) is 0. The number of benzene rings is 1. The smallest absolute Gasteiger partial charge is 0.389 e. The van der Waals surface area contributed by atoms with Gasteiger partial charge in [0.1, 0.15) is 5.75 Å². The molecule has 0 saturated heterocycles. The molecule has 0 radical (unpaired) electrons. The van der Waals surface area contributed by atoms with Crippen LogP contribution in [0, 0.1) is 0 Å². The fourth-order valence-corrected chi connectivity index (χ4v) is 1.43. The van der Waals surface area contributed by atoms with Crippen molar-refractivity contribution in [3.63, 3.8) is 0 Å². The molecule has 1 aromatic carbocycles. The molecule has 0 saturated carbocycles. The first-order valence-electron chi connectivity index (χ1n) is 4.60. The standard InChI is InChI=1S/C10H11ClF3NO/c11-7-5-6(1-2-9(7)16)8(15)3-4-10(12,13)14/h1-2,5,8,16H,3-4,15H2/t8-/m0/s1. The van der Waals surface area contributed by atoms with E-state index in [1.54, 1.807) is 0 Å². The van der Waals surface area contributed by atoms with Gasteiger partial charge in [-0.1, -0.05) is 17.7 Å². The van der Waals surface area contributed by atoms with E-state index in [0.29, 0.717) is 5.56 Å². The van der Waals surface area contributed by atoms with Crippen LogP contribution in [0.2, 0.25) is 5.02 Å². The molecule has 0 bridgehead atoms. The van der Waals surface area contributed by atoms with Crippen LogP contribution in [0.5, 0.6) is 5.75 Å². The maximum Gasteiger partial charge on any atom is 0.389 e. The number of phenols is 1. The van der Waals surface area contributed by atoms with Crippen molar-refractivity contribution in [1.82, 2.24) is 0 Å². The Balaban J connectivity index is 2.66. The summed E-state index contributed by atoms with van der Waals surface area (Å²) in [7, 11) is 0. The van der Waals surface area contributed by atoms with Gasteiger partial charge in [0, 0.05) is 12.5 Å². The van der Waals surface area contributed by atoms with Gasteiger partial charge in [-0.15, -0.1) is 0 Å². The highest BCUT2D eigenvalue weighted by molar-refractivity contribution is 6.32. The van der Waals surface area contributed by atoms with Gasteiger partial charge in [-0.25, -0.2) is 0 Å². The summed E-state index contributed by atoms with van der Waals surface area (Å²) < 4.78 is 35.9. The van der Waals surface area contributed by atoms with Crippen LogP contribution in [-0.4, -0.2) is 11.3 Å². The number of rotatable bonds is 3. The van der Waals surface area contributed by atoms with Gasteiger partial charge in [0.2, 0.25) is 0 Å². The van der Waals surface area contributed by atoms with Crippen molar-refractivity contribution < 1.29 is 18.3 Å². The predicted octanol–water partition coefficient (Wildman–Crippen LogP) is 3.39. The summed E-state index contributed by atoms with van der Waals surface area (Å²) in [6.07, 6.45) is -5.35. The van der Waals surface area contributed by atoms with Gasteiger partial charge in [0.05, 0.1) is 5.02 Å². The maximum absolute atomic E-state index is 12.0. The van der Waals surface area contributed by atoms with Gasteiger partial charge in [0.15, 0.2) is 0 Å². The van der Waals surface area contributed by atoms with E-state index in [2.05, 4.69) is 0 Å². The molecule has 0 aliphatic heterocycles. The molecule has 2 nitrogen and oxygen atoms in total. The first kappa shape index (κ1) is 13.1. The lowest BCUT2D eigenvalue weighted by molar-refractivity contribution is -0.136. The molecule has 1 aromatic rings. The second-order valence-electron chi connectivity index (χ2n) is 3.47. The molecule has 6 heteroatoms. The molecule has 3 N–H and O–H groups in total. The lowest BCUT2D eigenvalue weighted by Gasteiger charge is -2.14. The highest BCUT2D eigenvalue weighted by atomic mass is 35.5. The van der Waals surface area contributed by atoms with Crippen molar-refractivity contribution in [2.24, 2.45) is 5.73 Å². The summed E-state index contributed by atoms with van der Waals surface area (Å²) in [5.74, 6) is -0.117. The van der Waals surface area contributed by atoms with Crippen LogP contribution in [0.25, 0.3) is 0 Å². The zero-order valence-electron chi connectivity index (χ0n) is 8.26. The topological polar surface area (TPSA) is 46.2 Å². The van der Waals surface area contributed by atoms with Crippen LogP contribution in [0.15, 0.2) is 18.2 Å². The second-order valence-corrected chi connectivity index (χ2v) is 3.88. The monoisotopic (exact) mass is 253 g/mol. The first-order valence-corrected chi connectivity index (χ1v) is 4.98. The van der Waals surface area contributed by atoms with E-state index in [1.807, 2.05) is 0 Å². The average Bonchev–Trinajstić information content (AvgIpc) is 2.17. The fraction of sp³-hybridized carbons (Fsp3) is 0.400. The Kier molecular flexibility index (Phi) is 4.04. The van der Waals surface area contributed by atoms with Crippen molar-refractivity contribution in [2.45, 2.75) is 25.1 Å². The van der Waals surface area contributed by atoms with E-state index in [1.165, 1.54) is 18.2 Å². The third kappa shape index (κ3) is 3.90. The van der Waals surface area contributed by atoms with Crippen LogP contribution in [-0.2, 0) is 0 Å². The molecule has 0 amide bonds. The zero-order valence-corrected chi connectivity index (χ0v) is 9.02. The van der Waals surface area contributed by atoms with Gasteiger partial charge in [-0.05, 0) is 24.1 Å². The van der Waals surface area contributed by atoms with Crippen LogP contribution >= 0.6 is 11.6 Å². The summed E-state index contributed by atoms with van der Waals surface area (Å²) >= 11 is 5.62. The Morgan fingerprint density at radius 3 is 2.50 bits per heavy atom. The number of nitrogens with two attached hydrogens (primary N) is 1. The van der Waals surface area contributed by atoms with Crippen LogP contribution in [0.3, 0.4) is 0 Å². The Morgan fingerprint density at radius 1 is 1.38 bits per heavy atom. The Morgan fingerprint density at radius 2 is 2.00 bits per heavy atom. The van der Waals surface area contributed by atoms with Crippen molar-refractivity contribution in [2.75, 3.05) is 0 Å². The number of hydrogen-bond donors (Lipinski definition) is 2. The largest absolute Gasteiger partial charge is 0.506 e. The molecule has 0 unspecified atom stereocenters. The van der Waals surface area contributed by atoms with E-state index in [9.17, 15) is 13.2 Å². The van der Waals surface area contributed by atoms with Gasteiger partial charge < -0.3 is 10.8 Å². The van der Waals surface area contributed by atoms with Crippen molar-refractivity contribution in [1.29, 1.82) is 0 Å². The number of hydrogen-bond acceptors (Lipinski definition) is 2. The Bertz CT molecular complexity index is 368. The van der Waals surface area contributed by atoms with Crippen LogP contribution < -0.4 is 5.73 Å². The number of halogens is 4. The van der Waals surface area contributed by atoms with E-state index < -0.39 is 18.6 Å². The number of alkyl halides is 3. The summed E-state index contributed by atoms with van der Waals surface area (Å²) in [5.41, 5.74) is 6.06. The Hall–Kier alpha value is -0.940. The molecule has 0 aromatic heterocycles. The number of phenolic OH excluding ortho intramolecular Hbond substituents is 1. The normalized spacial score (nSPS) is 13.8. The SMILES string of the molecule is N[C@@H](CCC(F)(F)F)c1ccc(O)c(Cl)c1. The maximum atomic E-state index is 12.0. The summed E-state index contributed by atoms with van der Waals surface area (Å²) in [6.45, 7) is 0. The Labute approximate surface area is 95.8 Å². The molecule has 0 heterocycles. The van der Waals surface area contributed by atoms with Crippen molar-refractivity contribution in [3.8, 4) is 5.75 Å². The van der Waals surface area contributed by atoms with E-state index in [0.717, 1.165) is 0 Å². The van der Waals surface area contributed by atoms with Gasteiger partial charge in [0.25, 0.3) is 0 Å². The predicted molar refractivity (Wildman–Crippen MR) is 55.3 cm³/mol. The highest BCUT2D eigenvalue weighted by Gasteiger charge is 2.27. The average molecular weight is 254 g/mol. The van der Waals surface area contributed by atoms with E-state index in [4.69, 9.17) is 22.4 Å². The molecule has 1 atom stereocenters. The molecule has 0 aliphatic carbocycles. The van der Waals surface area contributed by atoms with Gasteiger partial charge in [-0.2, -0.15) is 13.2 Å². The molecule has 0 spiro atoms. The molecule has 1 rings (SSSR count). The number of aromatic hydroxyl groups is 1. The van der Waals surface area contributed by atoms with Crippen molar-refractivity contribution >= 4 is 11.6 Å². The van der Waals surface area contributed by atoms with Crippen LogP contribution in [0.1, 0.15) is 24.4 Å². The first-order chi connectivity index (χ1) is 7.29. The third-order valence-electron chi connectivity index (χ3n) is 2.14. The van der Waals surface area contributed by atoms with E-state index in [-0.39, 0.29) is 17.2 Å². The van der Waals surface area contributed by atoms with Gasteiger partial charge >= 0.3 is 6.18 Å². The second kappa shape index (κ2) is 4.93. The minimum atomic E-state index is -4.21. The van der Waals surface area contributed by atoms with Crippen LogP contribution in [0.4, 0.5) is 13.2 Å². The molecule has 90 valence electrons. The molecular formula is C10H11ClF3NO. The third-order valence-corrected chi connectivity index (χ3v) is 2.44. The minimum Gasteiger partial charge on any atom is -0.506 e. The molecular weight excluding hydrogens is 243 g/mol. The minimum absolute atomic E-state index is 0.0833. The summed E-state index contributed by atoms with van der Waals surface area (Å²) in [5, 5.41) is 9.22. The van der Waals surface area contributed by atoms with Crippen molar-refractivity contribution in [3.05, 3.63) is 28.8 Å². The fourth-order valence-electron chi connectivity index (χ4n) is 1.24.